The maximum absolute atomic E-state index is 12.2. The predicted octanol–water partition coefficient (Wildman–Crippen LogP) is 2.89. The number of benzene rings is 1. The van der Waals surface area contributed by atoms with Crippen molar-refractivity contribution in [3.05, 3.63) is 46.7 Å². The Morgan fingerprint density at radius 1 is 1.36 bits per heavy atom. The van der Waals surface area contributed by atoms with Gasteiger partial charge in [0.2, 0.25) is 0 Å². The summed E-state index contributed by atoms with van der Waals surface area (Å²) < 4.78 is 1.69. The number of hydrogen-bond acceptors (Lipinski definition) is 4. The summed E-state index contributed by atoms with van der Waals surface area (Å²) in [7, 11) is 1.82. The lowest BCUT2D eigenvalue weighted by molar-refractivity contribution is 0.102. The summed E-state index contributed by atoms with van der Waals surface area (Å²) in [6, 6.07) is 6.11. The Labute approximate surface area is 131 Å². The Balaban J connectivity index is 1.90. The van der Waals surface area contributed by atoms with Crippen LogP contribution in [0.5, 0.6) is 5.75 Å². The van der Waals surface area contributed by atoms with Crippen molar-refractivity contribution in [2.45, 2.75) is 6.92 Å². The van der Waals surface area contributed by atoms with Gasteiger partial charge in [0.1, 0.15) is 5.75 Å². The summed E-state index contributed by atoms with van der Waals surface area (Å²) in [5, 5.41) is 17.4. The van der Waals surface area contributed by atoms with Crippen LogP contribution < -0.4 is 5.32 Å². The van der Waals surface area contributed by atoms with Gasteiger partial charge in [0.25, 0.3) is 5.91 Å². The van der Waals surface area contributed by atoms with Gasteiger partial charge in [0.05, 0.1) is 22.6 Å². The van der Waals surface area contributed by atoms with Crippen molar-refractivity contribution in [2.75, 3.05) is 5.32 Å². The Morgan fingerprint density at radius 3 is 2.86 bits per heavy atom. The van der Waals surface area contributed by atoms with Crippen LogP contribution >= 0.6 is 11.6 Å². The molecule has 0 aliphatic rings. The molecule has 2 heterocycles. The van der Waals surface area contributed by atoms with E-state index in [0.29, 0.717) is 11.3 Å². The van der Waals surface area contributed by atoms with E-state index in [0.717, 1.165) is 16.7 Å². The number of pyridine rings is 1. The van der Waals surface area contributed by atoms with Crippen LogP contribution in [0.4, 0.5) is 5.69 Å². The van der Waals surface area contributed by atoms with E-state index in [1.165, 1.54) is 18.2 Å². The maximum atomic E-state index is 12.2. The third-order valence-corrected chi connectivity index (χ3v) is 3.63. The molecule has 0 spiro atoms. The normalized spacial score (nSPS) is 10.9. The number of amides is 1. The van der Waals surface area contributed by atoms with Gasteiger partial charge in [0, 0.05) is 18.0 Å². The highest BCUT2D eigenvalue weighted by atomic mass is 35.5. The Bertz CT molecular complexity index is 889. The van der Waals surface area contributed by atoms with E-state index in [9.17, 15) is 9.90 Å². The fraction of sp³-hybridized carbons (Fsp3) is 0.133. The number of nitrogens with zero attached hydrogens (tertiary/aromatic N) is 3. The molecule has 0 aliphatic heterocycles. The summed E-state index contributed by atoms with van der Waals surface area (Å²) in [6.07, 6.45) is 1.57. The first-order valence-corrected chi connectivity index (χ1v) is 6.92. The second-order valence-corrected chi connectivity index (χ2v) is 5.33. The summed E-state index contributed by atoms with van der Waals surface area (Å²) in [6.45, 7) is 1.88. The van der Waals surface area contributed by atoms with Gasteiger partial charge in [-0.2, -0.15) is 5.10 Å². The first kappa shape index (κ1) is 14.3. The number of aryl methyl sites for hydroxylation is 2. The third-order valence-electron chi connectivity index (χ3n) is 3.33. The molecular formula is C15H13ClN4O2. The molecule has 6 nitrogen and oxygen atoms in total. The second kappa shape index (κ2) is 5.31. The second-order valence-electron chi connectivity index (χ2n) is 4.92. The number of phenols is 1. The van der Waals surface area contributed by atoms with Crippen LogP contribution in [0, 0.1) is 6.92 Å². The van der Waals surface area contributed by atoms with Crippen LogP contribution in [-0.4, -0.2) is 25.8 Å². The number of aromatic nitrogens is 3. The lowest BCUT2D eigenvalue weighted by Crippen LogP contribution is -2.12. The van der Waals surface area contributed by atoms with Crippen molar-refractivity contribution in [3.8, 4) is 5.75 Å². The molecule has 1 aromatic carbocycles. The van der Waals surface area contributed by atoms with Crippen LogP contribution in [0.15, 0.2) is 30.5 Å². The average Bonchev–Trinajstić information content (AvgIpc) is 2.76. The topological polar surface area (TPSA) is 80.0 Å². The van der Waals surface area contributed by atoms with Gasteiger partial charge >= 0.3 is 0 Å². The third kappa shape index (κ3) is 2.48. The van der Waals surface area contributed by atoms with E-state index in [1.54, 1.807) is 10.9 Å². The number of phenolic OH excluding ortho intramolecular Hbond substituents is 1. The molecule has 112 valence electrons. The SMILES string of the molecule is Cc1nn(C)c2ncc(NC(=O)c3ccc(O)c(Cl)c3)cc12. The zero-order chi connectivity index (χ0) is 15.9. The van der Waals surface area contributed by atoms with Gasteiger partial charge in [-0.25, -0.2) is 4.98 Å². The molecule has 3 aromatic rings. The smallest absolute Gasteiger partial charge is 0.255 e. The minimum atomic E-state index is -0.329. The number of anilines is 1. The number of aromatic hydroxyl groups is 1. The molecule has 2 aromatic heterocycles. The molecule has 2 N–H and O–H groups in total. The molecule has 1 amide bonds. The quantitative estimate of drug-likeness (QED) is 0.762. The highest BCUT2D eigenvalue weighted by molar-refractivity contribution is 6.32. The number of rotatable bonds is 2. The summed E-state index contributed by atoms with van der Waals surface area (Å²) in [5.41, 5.74) is 2.51. The highest BCUT2D eigenvalue weighted by Gasteiger charge is 2.11. The first-order chi connectivity index (χ1) is 10.5. The molecule has 3 rings (SSSR count). The molecule has 0 fully saturated rings. The number of fused-ring (bicyclic) bond motifs is 1. The van der Waals surface area contributed by atoms with E-state index >= 15 is 0 Å². The van der Waals surface area contributed by atoms with Crippen molar-refractivity contribution < 1.29 is 9.90 Å². The van der Waals surface area contributed by atoms with E-state index < -0.39 is 0 Å². The molecule has 0 atom stereocenters. The average molecular weight is 317 g/mol. The van der Waals surface area contributed by atoms with Crippen LogP contribution in [0.3, 0.4) is 0 Å². The highest BCUT2D eigenvalue weighted by Crippen LogP contribution is 2.24. The minimum absolute atomic E-state index is 0.0627. The molecular weight excluding hydrogens is 304 g/mol. The predicted molar refractivity (Wildman–Crippen MR) is 84.3 cm³/mol. The van der Waals surface area contributed by atoms with Gasteiger partial charge in [-0.1, -0.05) is 11.6 Å². The Hall–Kier alpha value is -2.60. The molecule has 0 bridgehead atoms. The molecule has 7 heteroatoms. The van der Waals surface area contributed by atoms with E-state index in [1.807, 2.05) is 20.0 Å². The molecule has 0 unspecified atom stereocenters. The van der Waals surface area contributed by atoms with E-state index in [2.05, 4.69) is 15.4 Å². The van der Waals surface area contributed by atoms with Crippen LogP contribution in [0.1, 0.15) is 16.1 Å². The fourth-order valence-electron chi connectivity index (χ4n) is 2.23. The Kier molecular flexibility index (Phi) is 3.46. The first-order valence-electron chi connectivity index (χ1n) is 6.55. The van der Waals surface area contributed by atoms with Crippen LogP contribution in [0.25, 0.3) is 11.0 Å². The largest absolute Gasteiger partial charge is 0.506 e. The fourth-order valence-corrected chi connectivity index (χ4v) is 2.41. The Morgan fingerprint density at radius 2 is 2.14 bits per heavy atom. The van der Waals surface area contributed by atoms with Crippen molar-refractivity contribution in [2.24, 2.45) is 7.05 Å². The molecule has 0 aliphatic carbocycles. The maximum Gasteiger partial charge on any atom is 0.255 e. The standard InChI is InChI=1S/C15H13ClN4O2/c1-8-11-6-10(7-17-14(11)20(2)19-8)18-15(22)9-3-4-13(21)12(16)5-9/h3-7,21H,1-2H3,(H,18,22). The zero-order valence-electron chi connectivity index (χ0n) is 12.0. The van der Waals surface area contributed by atoms with Gasteiger partial charge < -0.3 is 10.4 Å². The molecule has 22 heavy (non-hydrogen) atoms. The van der Waals surface area contributed by atoms with Crippen molar-refractivity contribution >= 4 is 34.2 Å². The summed E-state index contributed by atoms with van der Waals surface area (Å²) in [4.78, 5) is 16.5. The zero-order valence-corrected chi connectivity index (χ0v) is 12.7. The minimum Gasteiger partial charge on any atom is -0.506 e. The van der Waals surface area contributed by atoms with Crippen LogP contribution in [0.2, 0.25) is 5.02 Å². The van der Waals surface area contributed by atoms with Gasteiger partial charge in [-0.05, 0) is 31.2 Å². The molecule has 0 radical (unpaired) electrons. The van der Waals surface area contributed by atoms with Crippen molar-refractivity contribution in [3.63, 3.8) is 0 Å². The number of nitrogens with one attached hydrogen (secondary N) is 1. The number of carbonyl (C=O) groups is 1. The number of hydrogen-bond donors (Lipinski definition) is 2. The number of carbonyl (C=O) groups excluding carboxylic acids is 1. The van der Waals surface area contributed by atoms with Gasteiger partial charge in [0.15, 0.2) is 5.65 Å². The summed E-state index contributed by atoms with van der Waals surface area (Å²) >= 11 is 5.81. The van der Waals surface area contributed by atoms with Gasteiger partial charge in [-0.3, -0.25) is 9.48 Å². The number of halogens is 1. The lowest BCUT2D eigenvalue weighted by atomic mass is 10.2. The van der Waals surface area contributed by atoms with Crippen molar-refractivity contribution in [1.82, 2.24) is 14.8 Å². The van der Waals surface area contributed by atoms with E-state index in [-0.39, 0.29) is 16.7 Å². The summed E-state index contributed by atoms with van der Waals surface area (Å²) in [5.74, 6) is -0.392. The van der Waals surface area contributed by atoms with Crippen LogP contribution in [-0.2, 0) is 7.05 Å². The van der Waals surface area contributed by atoms with Gasteiger partial charge in [-0.15, -0.1) is 0 Å². The lowest BCUT2D eigenvalue weighted by Gasteiger charge is -2.06. The monoisotopic (exact) mass is 316 g/mol. The van der Waals surface area contributed by atoms with E-state index in [4.69, 9.17) is 11.6 Å². The molecule has 0 saturated carbocycles. The van der Waals surface area contributed by atoms with Crippen molar-refractivity contribution in [1.29, 1.82) is 0 Å². The molecule has 0 saturated heterocycles.